The van der Waals surface area contributed by atoms with Gasteiger partial charge in [0.25, 0.3) is 5.91 Å². The van der Waals surface area contributed by atoms with E-state index in [2.05, 4.69) is 25.5 Å². The standard InChI is InChI=1S/C28H29N5O3S/c1-19-3-4-23(32-28(34)21-9-10-29-27(15-21)33-11-13-35-14-12-33)16-26(19)31-22-5-7-25(8-6-22)36-17-24-18-37-20(2)30-24/h3-10,15-16,18,31H,11-14,17H2,1-2H3,(H,32,34). The first-order valence-corrected chi connectivity index (χ1v) is 13.0. The van der Waals surface area contributed by atoms with Gasteiger partial charge in [0.1, 0.15) is 18.2 Å². The molecule has 0 spiro atoms. The van der Waals surface area contributed by atoms with E-state index < -0.39 is 0 Å². The normalized spacial score (nSPS) is 13.3. The molecular formula is C28H29N5O3S. The number of ether oxygens (including phenoxy) is 2. The zero-order chi connectivity index (χ0) is 25.6. The van der Waals surface area contributed by atoms with Gasteiger partial charge in [-0.3, -0.25) is 4.79 Å². The molecule has 3 heterocycles. The number of hydrogen-bond donors (Lipinski definition) is 2. The van der Waals surface area contributed by atoms with Gasteiger partial charge < -0.3 is 25.0 Å². The molecule has 0 saturated carbocycles. The average molecular weight is 516 g/mol. The van der Waals surface area contributed by atoms with Gasteiger partial charge in [0.15, 0.2) is 0 Å². The van der Waals surface area contributed by atoms with Crippen LogP contribution in [0.25, 0.3) is 0 Å². The number of aryl methyl sites for hydroxylation is 2. The Labute approximate surface area is 220 Å². The fourth-order valence-electron chi connectivity index (χ4n) is 3.98. The predicted molar refractivity (Wildman–Crippen MR) is 147 cm³/mol. The molecule has 37 heavy (non-hydrogen) atoms. The van der Waals surface area contributed by atoms with E-state index in [1.165, 1.54) is 0 Å². The number of aromatic nitrogens is 2. The minimum absolute atomic E-state index is 0.177. The number of hydrogen-bond acceptors (Lipinski definition) is 8. The Morgan fingerprint density at radius 2 is 1.84 bits per heavy atom. The number of carbonyl (C=O) groups excluding carboxylic acids is 1. The average Bonchev–Trinajstić information content (AvgIpc) is 3.35. The zero-order valence-electron chi connectivity index (χ0n) is 20.9. The molecule has 1 amide bonds. The lowest BCUT2D eigenvalue weighted by molar-refractivity contribution is 0.102. The van der Waals surface area contributed by atoms with Crippen molar-refractivity contribution >= 4 is 40.1 Å². The van der Waals surface area contributed by atoms with Crippen molar-refractivity contribution in [2.45, 2.75) is 20.5 Å². The van der Waals surface area contributed by atoms with E-state index in [0.29, 0.717) is 31.1 Å². The van der Waals surface area contributed by atoms with Gasteiger partial charge >= 0.3 is 0 Å². The molecule has 0 aliphatic carbocycles. The van der Waals surface area contributed by atoms with Crippen molar-refractivity contribution < 1.29 is 14.3 Å². The van der Waals surface area contributed by atoms with Crippen LogP contribution in [0.3, 0.4) is 0 Å². The summed E-state index contributed by atoms with van der Waals surface area (Å²) >= 11 is 1.62. The summed E-state index contributed by atoms with van der Waals surface area (Å²) in [5.41, 5.74) is 5.11. The first kappa shape index (κ1) is 24.7. The summed E-state index contributed by atoms with van der Waals surface area (Å²) in [7, 11) is 0. The van der Waals surface area contributed by atoms with Crippen LogP contribution in [0.2, 0.25) is 0 Å². The van der Waals surface area contributed by atoms with Crippen LogP contribution in [0, 0.1) is 13.8 Å². The third-order valence-electron chi connectivity index (χ3n) is 6.02. The fourth-order valence-corrected chi connectivity index (χ4v) is 4.58. The van der Waals surface area contributed by atoms with Crippen molar-refractivity contribution in [3.8, 4) is 5.75 Å². The second-order valence-electron chi connectivity index (χ2n) is 8.78. The highest BCUT2D eigenvalue weighted by atomic mass is 32.1. The molecule has 0 radical (unpaired) electrons. The molecule has 1 fully saturated rings. The maximum absolute atomic E-state index is 13.0. The van der Waals surface area contributed by atoms with Gasteiger partial charge in [0, 0.05) is 47.3 Å². The second kappa shape index (κ2) is 11.4. The molecule has 2 N–H and O–H groups in total. The first-order chi connectivity index (χ1) is 18.0. The number of amides is 1. The van der Waals surface area contributed by atoms with Crippen LogP contribution in [0.15, 0.2) is 66.2 Å². The summed E-state index contributed by atoms with van der Waals surface area (Å²) in [6.07, 6.45) is 1.67. The molecule has 1 aliphatic rings. The zero-order valence-corrected chi connectivity index (χ0v) is 21.7. The van der Waals surface area contributed by atoms with Crippen molar-refractivity contribution in [1.82, 2.24) is 9.97 Å². The van der Waals surface area contributed by atoms with Gasteiger partial charge in [-0.15, -0.1) is 11.3 Å². The predicted octanol–water partition coefficient (Wildman–Crippen LogP) is 5.57. The third-order valence-corrected chi connectivity index (χ3v) is 6.85. The van der Waals surface area contributed by atoms with Gasteiger partial charge in [0.2, 0.25) is 0 Å². The second-order valence-corrected chi connectivity index (χ2v) is 9.84. The Hall–Kier alpha value is -3.95. The highest BCUT2D eigenvalue weighted by molar-refractivity contribution is 7.09. The molecule has 0 unspecified atom stereocenters. The molecule has 0 atom stereocenters. The van der Waals surface area contributed by atoms with Gasteiger partial charge in [0.05, 0.1) is 23.9 Å². The highest BCUT2D eigenvalue weighted by Crippen LogP contribution is 2.26. The fraction of sp³-hybridized carbons (Fsp3) is 0.250. The van der Waals surface area contributed by atoms with Gasteiger partial charge in [-0.25, -0.2) is 9.97 Å². The summed E-state index contributed by atoms with van der Waals surface area (Å²) in [4.78, 5) is 24.0. The molecule has 1 aliphatic heterocycles. The quantitative estimate of drug-likeness (QED) is 0.317. The molecule has 9 heteroatoms. The number of morpholine rings is 1. The van der Waals surface area contributed by atoms with E-state index in [1.54, 1.807) is 23.6 Å². The first-order valence-electron chi connectivity index (χ1n) is 12.2. The Kier molecular flexibility index (Phi) is 7.62. The smallest absolute Gasteiger partial charge is 0.255 e. The summed E-state index contributed by atoms with van der Waals surface area (Å²) < 4.78 is 11.3. The number of rotatable bonds is 8. The minimum Gasteiger partial charge on any atom is -0.487 e. The summed E-state index contributed by atoms with van der Waals surface area (Å²) in [6, 6.07) is 17.2. The SMILES string of the molecule is Cc1nc(COc2ccc(Nc3cc(NC(=O)c4ccnc(N5CCOCC5)c4)ccc3C)cc2)cs1. The molecular weight excluding hydrogens is 486 g/mol. The lowest BCUT2D eigenvalue weighted by Gasteiger charge is -2.27. The third kappa shape index (κ3) is 6.44. The van der Waals surface area contributed by atoms with Gasteiger partial charge in [-0.05, 0) is 67.9 Å². The van der Waals surface area contributed by atoms with Crippen molar-refractivity contribution in [3.05, 3.63) is 88.0 Å². The van der Waals surface area contributed by atoms with Gasteiger partial charge in [-0.1, -0.05) is 6.07 Å². The number of pyridine rings is 1. The maximum atomic E-state index is 13.0. The Bertz CT molecular complexity index is 1370. The number of nitrogens with zero attached hydrogens (tertiary/aromatic N) is 3. The number of nitrogens with one attached hydrogen (secondary N) is 2. The lowest BCUT2D eigenvalue weighted by atomic mass is 10.1. The van der Waals surface area contributed by atoms with E-state index in [1.807, 2.05) is 67.8 Å². The monoisotopic (exact) mass is 515 g/mol. The molecule has 4 aromatic rings. The minimum atomic E-state index is -0.177. The van der Waals surface area contributed by atoms with Crippen molar-refractivity contribution in [2.75, 3.05) is 41.8 Å². The van der Waals surface area contributed by atoms with E-state index >= 15 is 0 Å². The van der Waals surface area contributed by atoms with E-state index in [-0.39, 0.29) is 5.91 Å². The van der Waals surface area contributed by atoms with E-state index in [4.69, 9.17) is 9.47 Å². The Morgan fingerprint density at radius 3 is 2.59 bits per heavy atom. The Balaban J connectivity index is 1.22. The van der Waals surface area contributed by atoms with Crippen LogP contribution < -0.4 is 20.3 Å². The molecule has 0 bridgehead atoms. The van der Waals surface area contributed by atoms with Crippen molar-refractivity contribution in [3.63, 3.8) is 0 Å². The number of carbonyl (C=O) groups is 1. The number of benzene rings is 2. The number of anilines is 4. The maximum Gasteiger partial charge on any atom is 0.255 e. The molecule has 2 aromatic heterocycles. The molecule has 5 rings (SSSR count). The molecule has 1 saturated heterocycles. The molecule has 190 valence electrons. The summed E-state index contributed by atoms with van der Waals surface area (Å²) in [5.74, 6) is 1.39. The molecule has 8 nitrogen and oxygen atoms in total. The van der Waals surface area contributed by atoms with Crippen LogP contribution in [0.5, 0.6) is 5.75 Å². The van der Waals surface area contributed by atoms with Crippen molar-refractivity contribution in [2.24, 2.45) is 0 Å². The topological polar surface area (TPSA) is 88.6 Å². The lowest BCUT2D eigenvalue weighted by Crippen LogP contribution is -2.36. The molecule has 2 aromatic carbocycles. The van der Waals surface area contributed by atoms with E-state index in [0.717, 1.165) is 52.3 Å². The van der Waals surface area contributed by atoms with E-state index in [9.17, 15) is 4.79 Å². The van der Waals surface area contributed by atoms with Crippen LogP contribution in [0.4, 0.5) is 22.9 Å². The van der Waals surface area contributed by atoms with Crippen LogP contribution >= 0.6 is 11.3 Å². The van der Waals surface area contributed by atoms with Crippen molar-refractivity contribution in [1.29, 1.82) is 0 Å². The Morgan fingerprint density at radius 1 is 1.05 bits per heavy atom. The van der Waals surface area contributed by atoms with Gasteiger partial charge in [-0.2, -0.15) is 0 Å². The largest absolute Gasteiger partial charge is 0.487 e. The summed E-state index contributed by atoms with van der Waals surface area (Å²) in [5, 5.41) is 9.49. The van der Waals surface area contributed by atoms with Crippen LogP contribution in [-0.2, 0) is 11.3 Å². The number of thiazole rings is 1. The van der Waals surface area contributed by atoms with Crippen LogP contribution in [0.1, 0.15) is 26.6 Å². The summed E-state index contributed by atoms with van der Waals surface area (Å²) in [6.45, 7) is 7.33. The highest BCUT2D eigenvalue weighted by Gasteiger charge is 2.15. The van der Waals surface area contributed by atoms with Crippen LogP contribution in [-0.4, -0.2) is 42.2 Å².